The lowest BCUT2D eigenvalue weighted by Gasteiger charge is -2.37. The Morgan fingerprint density at radius 1 is 1.69 bits per heavy atom. The molecule has 2 rings (SSSR count). The fraction of sp³-hybridized carbons (Fsp3) is 0.545. The Morgan fingerprint density at radius 3 is 3.12 bits per heavy atom. The summed E-state index contributed by atoms with van der Waals surface area (Å²) in [5, 5.41) is 12.3. The summed E-state index contributed by atoms with van der Waals surface area (Å²) in [6.07, 6.45) is 1.86. The molecular weight excluding hydrogens is 206 g/mol. The van der Waals surface area contributed by atoms with E-state index < -0.39 is 12.0 Å². The van der Waals surface area contributed by atoms with Gasteiger partial charge in [0.2, 0.25) is 0 Å². The highest BCUT2D eigenvalue weighted by atomic mass is 16.4. The second kappa shape index (κ2) is 4.67. The normalized spacial score (nSPS) is 24.2. The third-order valence-electron chi connectivity index (χ3n) is 3.14. The van der Waals surface area contributed by atoms with Crippen molar-refractivity contribution < 1.29 is 9.90 Å². The van der Waals surface area contributed by atoms with Crippen molar-refractivity contribution in [2.45, 2.75) is 19.0 Å². The van der Waals surface area contributed by atoms with Crippen LogP contribution in [0.5, 0.6) is 0 Å². The summed E-state index contributed by atoms with van der Waals surface area (Å²) in [4.78, 5) is 16.3. The average Bonchev–Trinajstić information content (AvgIpc) is 2.81. The Kier molecular flexibility index (Phi) is 3.26. The quantitative estimate of drug-likeness (QED) is 0.695. The van der Waals surface area contributed by atoms with E-state index in [9.17, 15) is 4.79 Å². The number of aromatic nitrogens is 1. The predicted molar refractivity (Wildman–Crippen MR) is 60.2 cm³/mol. The van der Waals surface area contributed by atoms with Gasteiger partial charge in [-0.3, -0.25) is 9.69 Å². The Labute approximate surface area is 94.5 Å². The molecule has 0 aliphatic carbocycles. The molecule has 1 saturated heterocycles. The van der Waals surface area contributed by atoms with Crippen molar-refractivity contribution in [2.24, 2.45) is 0 Å². The molecule has 0 amide bonds. The van der Waals surface area contributed by atoms with Gasteiger partial charge in [0.25, 0.3) is 0 Å². The van der Waals surface area contributed by atoms with Gasteiger partial charge in [-0.25, -0.2) is 0 Å². The summed E-state index contributed by atoms with van der Waals surface area (Å²) >= 11 is 0. The molecule has 0 unspecified atom stereocenters. The molecule has 0 bridgehead atoms. The van der Waals surface area contributed by atoms with Gasteiger partial charge < -0.3 is 15.4 Å². The van der Waals surface area contributed by atoms with Gasteiger partial charge in [0.05, 0.1) is 0 Å². The molecule has 1 aliphatic rings. The van der Waals surface area contributed by atoms with E-state index in [1.165, 1.54) is 0 Å². The number of carboxylic acids is 1. The largest absolute Gasteiger partial charge is 0.480 e. The number of piperazine rings is 1. The molecule has 0 aromatic carbocycles. The summed E-state index contributed by atoms with van der Waals surface area (Å²) in [6.45, 7) is 4.15. The fourth-order valence-corrected chi connectivity index (χ4v) is 2.20. The smallest absolute Gasteiger partial charge is 0.322 e. The van der Waals surface area contributed by atoms with Crippen molar-refractivity contribution in [3.8, 4) is 0 Å². The monoisotopic (exact) mass is 223 g/mol. The van der Waals surface area contributed by atoms with E-state index in [0.29, 0.717) is 6.54 Å². The van der Waals surface area contributed by atoms with Gasteiger partial charge in [-0.2, -0.15) is 0 Å². The number of aromatic amines is 1. The van der Waals surface area contributed by atoms with Gasteiger partial charge in [-0.1, -0.05) is 0 Å². The van der Waals surface area contributed by atoms with Gasteiger partial charge in [0.1, 0.15) is 6.04 Å². The van der Waals surface area contributed by atoms with Gasteiger partial charge in [0, 0.05) is 37.6 Å². The number of hydrogen-bond donors (Lipinski definition) is 3. The Morgan fingerprint density at radius 2 is 2.50 bits per heavy atom. The van der Waals surface area contributed by atoms with Crippen LogP contribution >= 0.6 is 0 Å². The van der Waals surface area contributed by atoms with E-state index in [2.05, 4.69) is 10.3 Å². The second-order valence-corrected chi connectivity index (χ2v) is 4.10. The van der Waals surface area contributed by atoms with Crippen molar-refractivity contribution in [3.05, 3.63) is 24.0 Å². The van der Waals surface area contributed by atoms with Crippen LogP contribution < -0.4 is 5.32 Å². The highest BCUT2D eigenvalue weighted by molar-refractivity contribution is 5.74. The molecule has 2 atom stereocenters. The Hall–Kier alpha value is -1.33. The topological polar surface area (TPSA) is 68.4 Å². The van der Waals surface area contributed by atoms with Crippen molar-refractivity contribution in [1.82, 2.24) is 15.2 Å². The molecule has 1 aromatic heterocycles. The van der Waals surface area contributed by atoms with Crippen molar-refractivity contribution in [2.75, 3.05) is 19.6 Å². The summed E-state index contributed by atoms with van der Waals surface area (Å²) in [5.41, 5.74) is 1.06. The van der Waals surface area contributed by atoms with E-state index in [1.807, 2.05) is 30.2 Å². The Balaban J connectivity index is 2.14. The maximum absolute atomic E-state index is 11.1. The van der Waals surface area contributed by atoms with E-state index >= 15 is 0 Å². The van der Waals surface area contributed by atoms with Crippen LogP contribution in [-0.2, 0) is 4.79 Å². The lowest BCUT2D eigenvalue weighted by Crippen LogP contribution is -2.55. The fourth-order valence-electron chi connectivity index (χ4n) is 2.20. The van der Waals surface area contributed by atoms with Crippen LogP contribution in [0.15, 0.2) is 18.3 Å². The molecule has 3 N–H and O–H groups in total. The molecular formula is C11H17N3O2. The van der Waals surface area contributed by atoms with Crippen LogP contribution in [0.4, 0.5) is 0 Å². The standard InChI is InChI=1S/C11H17N3O2/c1-8(9-3-2-4-13-9)14-6-5-12-7-10(14)11(15)16/h2-4,8,10,12-13H,5-7H2,1H3,(H,15,16)/t8-,10-/m1/s1. The number of rotatable bonds is 3. The lowest BCUT2D eigenvalue weighted by atomic mass is 10.1. The molecule has 16 heavy (non-hydrogen) atoms. The van der Waals surface area contributed by atoms with Gasteiger partial charge in [-0.15, -0.1) is 0 Å². The molecule has 5 nitrogen and oxygen atoms in total. The number of carboxylic acid groups (broad SMARTS) is 1. The molecule has 5 heteroatoms. The number of hydrogen-bond acceptors (Lipinski definition) is 3. The van der Waals surface area contributed by atoms with Crippen LogP contribution in [0.2, 0.25) is 0 Å². The minimum atomic E-state index is -0.759. The first kappa shape index (κ1) is 11.2. The first-order valence-electron chi connectivity index (χ1n) is 5.52. The van der Waals surface area contributed by atoms with Crippen LogP contribution in [0, 0.1) is 0 Å². The minimum absolute atomic E-state index is 0.109. The summed E-state index contributed by atoms with van der Waals surface area (Å²) in [6, 6.07) is 3.60. The third kappa shape index (κ3) is 2.10. The zero-order chi connectivity index (χ0) is 11.5. The van der Waals surface area contributed by atoms with Gasteiger partial charge >= 0.3 is 5.97 Å². The van der Waals surface area contributed by atoms with E-state index in [1.54, 1.807) is 0 Å². The highest BCUT2D eigenvalue weighted by Crippen LogP contribution is 2.21. The molecule has 0 radical (unpaired) electrons. The van der Waals surface area contributed by atoms with Crippen LogP contribution in [0.3, 0.4) is 0 Å². The number of nitrogens with zero attached hydrogens (tertiary/aromatic N) is 1. The van der Waals surface area contributed by atoms with Crippen LogP contribution in [0.1, 0.15) is 18.7 Å². The predicted octanol–water partition coefficient (Wildman–Crippen LogP) is 0.434. The Bertz CT molecular complexity index is 350. The first-order valence-corrected chi connectivity index (χ1v) is 5.52. The zero-order valence-corrected chi connectivity index (χ0v) is 9.31. The molecule has 1 aliphatic heterocycles. The SMILES string of the molecule is C[C@H](c1ccc[nH]1)N1CCNC[C@@H]1C(=O)O. The maximum atomic E-state index is 11.1. The molecule has 0 spiro atoms. The highest BCUT2D eigenvalue weighted by Gasteiger charge is 2.32. The number of carbonyl (C=O) groups is 1. The zero-order valence-electron chi connectivity index (χ0n) is 9.31. The van der Waals surface area contributed by atoms with Crippen molar-refractivity contribution >= 4 is 5.97 Å². The van der Waals surface area contributed by atoms with Gasteiger partial charge in [-0.05, 0) is 19.1 Å². The number of aliphatic carboxylic acids is 1. The van der Waals surface area contributed by atoms with Crippen molar-refractivity contribution in [3.63, 3.8) is 0 Å². The maximum Gasteiger partial charge on any atom is 0.322 e. The average molecular weight is 223 g/mol. The molecule has 88 valence electrons. The minimum Gasteiger partial charge on any atom is -0.480 e. The van der Waals surface area contributed by atoms with Crippen LogP contribution in [0.25, 0.3) is 0 Å². The summed E-state index contributed by atoms with van der Waals surface area (Å²) in [7, 11) is 0. The van der Waals surface area contributed by atoms with E-state index in [4.69, 9.17) is 5.11 Å². The molecule has 0 saturated carbocycles. The van der Waals surface area contributed by atoms with Crippen molar-refractivity contribution in [1.29, 1.82) is 0 Å². The summed E-state index contributed by atoms with van der Waals surface area (Å²) < 4.78 is 0. The molecule has 1 fully saturated rings. The van der Waals surface area contributed by atoms with E-state index in [0.717, 1.165) is 18.8 Å². The molecule has 1 aromatic rings. The number of nitrogens with one attached hydrogen (secondary N) is 2. The number of H-pyrrole nitrogens is 1. The first-order chi connectivity index (χ1) is 7.70. The van der Waals surface area contributed by atoms with Crippen LogP contribution in [-0.4, -0.2) is 46.6 Å². The lowest BCUT2D eigenvalue weighted by molar-refractivity contribution is -0.145. The third-order valence-corrected chi connectivity index (χ3v) is 3.14. The molecule has 2 heterocycles. The van der Waals surface area contributed by atoms with Gasteiger partial charge in [0.15, 0.2) is 0 Å². The second-order valence-electron chi connectivity index (χ2n) is 4.10. The summed E-state index contributed by atoms with van der Waals surface area (Å²) in [5.74, 6) is -0.759. The van der Waals surface area contributed by atoms with E-state index in [-0.39, 0.29) is 6.04 Å².